The Labute approximate surface area is 530 Å². The Kier molecular flexibility index (Phi) is 27.6. The van der Waals surface area contributed by atoms with Crippen LogP contribution < -0.4 is 32.6 Å². The Morgan fingerprint density at radius 3 is 1.95 bits per heavy atom. The maximum atomic E-state index is 15.5. The zero-order valence-corrected chi connectivity index (χ0v) is 53.0. The molecule has 3 aromatic rings. The number of carboxylic acid groups (broad SMARTS) is 1. The number of rotatable bonds is 41. The summed E-state index contributed by atoms with van der Waals surface area (Å²) in [7, 11) is 0. The fraction of sp³-hybridized carbons (Fsp3) is 0.639. The number of aromatic nitrogens is 2. The molecule has 30 heteroatoms. The van der Waals surface area contributed by atoms with Crippen molar-refractivity contribution >= 4 is 70.0 Å². The van der Waals surface area contributed by atoms with Gasteiger partial charge in [-0.15, -0.1) is 11.8 Å². The van der Waals surface area contributed by atoms with Crippen LogP contribution in [-0.2, 0) is 106 Å². The van der Waals surface area contributed by atoms with Gasteiger partial charge in [-0.2, -0.15) is 0 Å². The standard InChI is InChI=1S/C61H85FN8O20S/c1-6-61(81)41-29-46-54-39(32-70(46)57(76)40(41)33-90-60(61)80)52-44(8-7-38-36(4)42(62)30-45(66-54)51(38)52)67-55(74)37(5)65-56(75)53(35(2)3)68-49(72)10-13-82-15-17-84-19-21-86-23-25-88-27-28-89-26-24-87-22-20-85-18-16-83-14-11-64-48(71)9-12-69-50(73)31-47(58(69)77)91-34-43(63)59(78)79/h29-30,35,37,43-44,47,53,81H,6-28,31-34,63H2,1-5H3,(H,64,71)(H,65,75)(H,67,74)(H,68,72)(H,78,79)/t37-,43?,44-,47?,53-,61-/m0/s1. The third-order valence-corrected chi connectivity index (χ3v) is 17.2. The highest BCUT2D eigenvalue weighted by molar-refractivity contribution is 8.00. The van der Waals surface area contributed by atoms with E-state index < -0.39 is 87.9 Å². The first-order chi connectivity index (χ1) is 43.7. The van der Waals surface area contributed by atoms with E-state index in [1.54, 1.807) is 33.8 Å². The fourth-order valence-electron chi connectivity index (χ4n) is 10.8. The highest BCUT2D eigenvalue weighted by Crippen LogP contribution is 2.46. The number of carboxylic acids is 1. The van der Waals surface area contributed by atoms with Gasteiger partial charge in [0.25, 0.3) is 5.56 Å². The van der Waals surface area contributed by atoms with Crippen LogP contribution in [0.15, 0.2) is 16.9 Å². The second-order valence-corrected chi connectivity index (χ2v) is 23.8. The van der Waals surface area contributed by atoms with Crippen LogP contribution in [0.5, 0.6) is 0 Å². The molecule has 3 aliphatic heterocycles. The number of nitrogens with one attached hydrogen (secondary N) is 4. The molecule has 1 aliphatic carbocycles. The second kappa shape index (κ2) is 34.9. The lowest BCUT2D eigenvalue weighted by Crippen LogP contribution is -2.55. The first-order valence-corrected chi connectivity index (χ1v) is 31.8. The van der Waals surface area contributed by atoms with E-state index in [-0.39, 0.29) is 107 Å². The smallest absolute Gasteiger partial charge is 0.343 e. The van der Waals surface area contributed by atoms with E-state index in [1.165, 1.54) is 17.6 Å². The van der Waals surface area contributed by atoms with Crippen molar-refractivity contribution in [1.29, 1.82) is 0 Å². The number of esters is 1. The van der Waals surface area contributed by atoms with Gasteiger partial charge in [-0.25, -0.2) is 14.2 Å². The molecule has 1 saturated heterocycles. The monoisotopic (exact) mass is 1300 g/mol. The Balaban J connectivity index is 0.671. The minimum atomic E-state index is -2.05. The number of hydrogen-bond donors (Lipinski definition) is 7. The molecule has 0 bridgehead atoms. The Hall–Kier alpha value is -6.58. The molecule has 1 fully saturated rings. The number of aliphatic hydroxyl groups is 1. The molecule has 502 valence electrons. The maximum absolute atomic E-state index is 15.5. The SMILES string of the molecule is CC[C@@]1(O)C(=O)OCc2c1cc1n(c2=O)Cc2c-1nc1cc(F)c(C)c3c1c2[C@@H](NC(=O)[C@H](C)NC(=O)[C@@H](NC(=O)CCOCCOCCOCCOCCOCCOCCOCCOCCNC(=O)CCN1C(=O)CC(SCC(N)C(=O)O)C1=O)C(C)C)CC3. The van der Waals surface area contributed by atoms with E-state index in [1.807, 2.05) is 0 Å². The molecule has 2 unspecified atom stereocenters. The van der Waals surface area contributed by atoms with E-state index >= 15 is 4.39 Å². The number of fused-ring (bicyclic) bond motifs is 5. The molecule has 2 aromatic heterocycles. The number of carbonyl (C=O) groups is 8. The van der Waals surface area contributed by atoms with Gasteiger partial charge in [-0.1, -0.05) is 20.8 Å². The number of aryl methyl sites for hydroxylation is 1. The molecule has 7 rings (SSSR count). The van der Waals surface area contributed by atoms with Crippen molar-refractivity contribution in [2.24, 2.45) is 11.7 Å². The number of thioether (sulfide) groups is 1. The van der Waals surface area contributed by atoms with Crippen molar-refractivity contribution in [2.75, 3.05) is 125 Å². The summed E-state index contributed by atoms with van der Waals surface area (Å²) in [5.41, 5.74) is 6.78. The van der Waals surface area contributed by atoms with Gasteiger partial charge in [-0.3, -0.25) is 43.3 Å². The lowest BCUT2D eigenvalue weighted by atomic mass is 9.81. The molecule has 8 N–H and O–H groups in total. The molecule has 28 nitrogen and oxygen atoms in total. The normalized spacial score (nSPS) is 18.4. The third kappa shape index (κ3) is 19.0. The number of hydrogen-bond acceptors (Lipinski definition) is 22. The number of halogens is 1. The number of cyclic esters (lactones) is 1. The van der Waals surface area contributed by atoms with Crippen LogP contribution in [0.4, 0.5) is 4.39 Å². The van der Waals surface area contributed by atoms with Gasteiger partial charge in [0.05, 0.1) is 146 Å². The first-order valence-electron chi connectivity index (χ1n) is 30.7. The van der Waals surface area contributed by atoms with Crippen molar-refractivity contribution in [3.05, 3.63) is 61.7 Å². The summed E-state index contributed by atoms with van der Waals surface area (Å²) in [5.74, 6) is -5.54. The van der Waals surface area contributed by atoms with Crippen molar-refractivity contribution in [2.45, 2.75) is 121 Å². The number of aliphatic carboxylic acids is 1. The van der Waals surface area contributed by atoms with Gasteiger partial charge >= 0.3 is 11.9 Å². The zero-order valence-electron chi connectivity index (χ0n) is 52.2. The highest BCUT2D eigenvalue weighted by Gasteiger charge is 2.46. The van der Waals surface area contributed by atoms with Crippen LogP contribution in [-0.4, -0.2) is 220 Å². The lowest BCUT2D eigenvalue weighted by molar-refractivity contribution is -0.172. The van der Waals surface area contributed by atoms with E-state index in [0.717, 1.165) is 22.2 Å². The molecular formula is C61H85FN8O20S. The number of carbonyl (C=O) groups excluding carboxylic acids is 7. The molecule has 0 spiro atoms. The Morgan fingerprint density at radius 1 is 0.791 bits per heavy atom. The van der Waals surface area contributed by atoms with Crippen LogP contribution in [0.25, 0.3) is 22.3 Å². The zero-order chi connectivity index (χ0) is 65.8. The van der Waals surface area contributed by atoms with Gasteiger partial charge in [-0.05, 0) is 61.8 Å². The van der Waals surface area contributed by atoms with E-state index in [0.29, 0.717) is 131 Å². The molecule has 91 heavy (non-hydrogen) atoms. The quantitative estimate of drug-likeness (QED) is 0.0181. The van der Waals surface area contributed by atoms with E-state index in [9.17, 15) is 48.3 Å². The minimum absolute atomic E-state index is 0.00576. The summed E-state index contributed by atoms with van der Waals surface area (Å²) in [5, 5.41) is 31.5. The van der Waals surface area contributed by atoms with Crippen LogP contribution in [0.3, 0.4) is 0 Å². The largest absolute Gasteiger partial charge is 0.480 e. The summed E-state index contributed by atoms with van der Waals surface area (Å²) < 4.78 is 66.3. The molecule has 6 atom stereocenters. The summed E-state index contributed by atoms with van der Waals surface area (Å²) >= 11 is 1.02. The third-order valence-electron chi connectivity index (χ3n) is 15.9. The number of ether oxygens (including phenoxy) is 9. The number of amides is 6. The van der Waals surface area contributed by atoms with Gasteiger partial charge in [0.15, 0.2) is 5.60 Å². The van der Waals surface area contributed by atoms with Gasteiger partial charge < -0.3 is 84.4 Å². The number of likely N-dealkylation sites (tertiary alicyclic amines) is 1. The van der Waals surface area contributed by atoms with Gasteiger partial charge in [0, 0.05) is 60.7 Å². The molecular weight excluding hydrogens is 1220 g/mol. The Bertz CT molecular complexity index is 3150. The van der Waals surface area contributed by atoms with Crippen molar-refractivity contribution < 1.29 is 95.6 Å². The van der Waals surface area contributed by atoms with Gasteiger partial charge in [0.1, 0.15) is 30.5 Å². The topological polar surface area (TPSA) is 372 Å². The number of imide groups is 1. The summed E-state index contributed by atoms with van der Waals surface area (Å²) in [6.45, 7) is 13.4. The van der Waals surface area contributed by atoms with Gasteiger partial charge in [0.2, 0.25) is 35.4 Å². The van der Waals surface area contributed by atoms with Crippen LogP contribution >= 0.6 is 11.8 Å². The number of pyridine rings is 2. The summed E-state index contributed by atoms with van der Waals surface area (Å²) in [6, 6.07) is -0.869. The van der Waals surface area contributed by atoms with Crippen molar-refractivity contribution in [1.82, 2.24) is 35.7 Å². The number of nitrogens with zero attached hydrogens (tertiary/aromatic N) is 3. The fourth-order valence-corrected chi connectivity index (χ4v) is 11.9. The number of nitrogens with two attached hydrogens (primary N) is 1. The lowest BCUT2D eigenvalue weighted by Gasteiger charge is -2.31. The molecule has 1 aromatic carbocycles. The predicted molar refractivity (Wildman–Crippen MR) is 325 cm³/mol. The average Bonchev–Trinajstić information content (AvgIpc) is 1.63. The molecule has 5 heterocycles. The first kappa shape index (κ1) is 71.9. The van der Waals surface area contributed by atoms with E-state index in [2.05, 4.69) is 21.3 Å². The van der Waals surface area contributed by atoms with E-state index in [4.69, 9.17) is 58.5 Å². The second-order valence-electron chi connectivity index (χ2n) is 22.5. The maximum Gasteiger partial charge on any atom is 0.343 e. The van der Waals surface area contributed by atoms with Crippen LogP contribution in [0.1, 0.15) is 99.2 Å². The minimum Gasteiger partial charge on any atom is -0.480 e. The van der Waals surface area contributed by atoms with Crippen LogP contribution in [0, 0.1) is 18.7 Å². The Morgan fingerprint density at radius 2 is 1.37 bits per heavy atom. The predicted octanol–water partition coefficient (Wildman–Crippen LogP) is 0.578. The van der Waals surface area contributed by atoms with Crippen molar-refractivity contribution in [3.8, 4) is 11.4 Å². The molecule has 0 radical (unpaired) electrons. The molecule has 4 aliphatic rings. The van der Waals surface area contributed by atoms with Crippen LogP contribution in [0.2, 0.25) is 0 Å². The summed E-state index contributed by atoms with van der Waals surface area (Å²) in [4.78, 5) is 121. The molecule has 6 amide bonds. The highest BCUT2D eigenvalue weighted by atomic mass is 32.2. The molecule has 0 saturated carbocycles. The number of benzene rings is 1. The average molecular weight is 1300 g/mol. The summed E-state index contributed by atoms with van der Waals surface area (Å²) in [6.07, 6.45) is 0.595. The van der Waals surface area contributed by atoms with Crippen molar-refractivity contribution in [3.63, 3.8) is 0 Å².